The van der Waals surface area contributed by atoms with Gasteiger partial charge in [0.05, 0.1) is 23.8 Å². The standard InChI is InChI=1S/C15H9BrCl2N2O/c16-9-4-5-14-10(6-9)15(21)20(8-19-14)7-11-12(17)2-1-3-13(11)18/h1-6,8H,7H2. The van der Waals surface area contributed by atoms with Gasteiger partial charge < -0.3 is 0 Å². The van der Waals surface area contributed by atoms with Crippen molar-refractivity contribution < 1.29 is 0 Å². The van der Waals surface area contributed by atoms with E-state index in [9.17, 15) is 4.79 Å². The summed E-state index contributed by atoms with van der Waals surface area (Å²) in [6.45, 7) is 0.285. The summed E-state index contributed by atoms with van der Waals surface area (Å²) in [6.07, 6.45) is 1.51. The molecular formula is C15H9BrCl2N2O. The number of nitrogens with zero attached hydrogens (tertiary/aromatic N) is 2. The zero-order chi connectivity index (χ0) is 15.0. The molecule has 0 unspecified atom stereocenters. The Hall–Kier alpha value is -1.36. The summed E-state index contributed by atoms with van der Waals surface area (Å²) in [5, 5.41) is 1.61. The number of rotatable bonds is 2. The normalized spacial score (nSPS) is 11.0. The third-order valence-electron chi connectivity index (χ3n) is 3.18. The molecule has 0 amide bonds. The van der Waals surface area contributed by atoms with Gasteiger partial charge in [0.25, 0.3) is 5.56 Å². The van der Waals surface area contributed by atoms with E-state index in [1.54, 1.807) is 30.3 Å². The van der Waals surface area contributed by atoms with Crippen LogP contribution < -0.4 is 5.56 Å². The lowest BCUT2D eigenvalue weighted by Crippen LogP contribution is -2.21. The number of hydrogen-bond donors (Lipinski definition) is 0. The van der Waals surface area contributed by atoms with Crippen LogP contribution in [0.3, 0.4) is 0 Å². The van der Waals surface area contributed by atoms with E-state index >= 15 is 0 Å². The first kappa shape index (κ1) is 14.6. The van der Waals surface area contributed by atoms with E-state index in [0.717, 1.165) is 4.47 Å². The van der Waals surface area contributed by atoms with Crippen molar-refractivity contribution in [1.29, 1.82) is 0 Å². The molecule has 0 aliphatic heterocycles. The lowest BCUT2D eigenvalue weighted by atomic mass is 10.2. The van der Waals surface area contributed by atoms with Crippen molar-refractivity contribution in [1.82, 2.24) is 9.55 Å². The van der Waals surface area contributed by atoms with Gasteiger partial charge in [0, 0.05) is 20.1 Å². The van der Waals surface area contributed by atoms with E-state index in [0.29, 0.717) is 26.5 Å². The lowest BCUT2D eigenvalue weighted by Gasteiger charge is -2.10. The molecule has 0 aliphatic carbocycles. The minimum absolute atomic E-state index is 0.128. The van der Waals surface area contributed by atoms with Crippen molar-refractivity contribution in [2.24, 2.45) is 0 Å². The fraction of sp³-hybridized carbons (Fsp3) is 0.0667. The highest BCUT2D eigenvalue weighted by atomic mass is 79.9. The first-order valence-electron chi connectivity index (χ1n) is 6.14. The molecule has 6 heteroatoms. The highest BCUT2D eigenvalue weighted by Gasteiger charge is 2.09. The van der Waals surface area contributed by atoms with Crippen LogP contribution in [0.25, 0.3) is 10.9 Å². The van der Waals surface area contributed by atoms with Crippen LogP contribution in [0.15, 0.2) is 52.0 Å². The molecule has 3 nitrogen and oxygen atoms in total. The molecule has 0 radical (unpaired) electrons. The van der Waals surface area contributed by atoms with Crippen molar-refractivity contribution >= 4 is 50.0 Å². The molecule has 2 aromatic carbocycles. The maximum absolute atomic E-state index is 12.5. The summed E-state index contributed by atoms with van der Waals surface area (Å²) in [5.41, 5.74) is 1.24. The van der Waals surface area contributed by atoms with Gasteiger partial charge in [-0.3, -0.25) is 9.36 Å². The second-order valence-electron chi connectivity index (χ2n) is 4.54. The van der Waals surface area contributed by atoms with Crippen LogP contribution in [0.5, 0.6) is 0 Å². The molecular weight excluding hydrogens is 375 g/mol. The van der Waals surface area contributed by atoms with Crippen LogP contribution >= 0.6 is 39.1 Å². The first-order chi connectivity index (χ1) is 10.1. The molecule has 0 aliphatic rings. The topological polar surface area (TPSA) is 34.9 Å². The van der Waals surface area contributed by atoms with Crippen molar-refractivity contribution in [3.8, 4) is 0 Å². The summed E-state index contributed by atoms with van der Waals surface area (Å²) in [6, 6.07) is 10.7. The number of hydrogen-bond acceptors (Lipinski definition) is 2. The Bertz CT molecular complexity index is 872. The molecule has 106 valence electrons. The van der Waals surface area contributed by atoms with Gasteiger partial charge in [-0.05, 0) is 30.3 Å². The zero-order valence-corrected chi connectivity index (χ0v) is 13.8. The SMILES string of the molecule is O=c1c2cc(Br)ccc2ncn1Cc1c(Cl)cccc1Cl. The van der Waals surface area contributed by atoms with Gasteiger partial charge in [-0.2, -0.15) is 0 Å². The minimum atomic E-state index is -0.128. The monoisotopic (exact) mass is 382 g/mol. The van der Waals surface area contributed by atoms with Crippen LogP contribution in [-0.2, 0) is 6.54 Å². The molecule has 21 heavy (non-hydrogen) atoms. The molecule has 0 bridgehead atoms. The van der Waals surface area contributed by atoms with Gasteiger partial charge in [-0.15, -0.1) is 0 Å². The van der Waals surface area contributed by atoms with E-state index in [4.69, 9.17) is 23.2 Å². The van der Waals surface area contributed by atoms with E-state index < -0.39 is 0 Å². The minimum Gasteiger partial charge on any atom is -0.294 e. The summed E-state index contributed by atoms with van der Waals surface area (Å²) in [7, 11) is 0. The maximum atomic E-state index is 12.5. The molecule has 0 N–H and O–H groups in total. The van der Waals surface area contributed by atoms with Crippen LogP contribution in [0.1, 0.15) is 5.56 Å². The maximum Gasteiger partial charge on any atom is 0.261 e. The average molecular weight is 384 g/mol. The van der Waals surface area contributed by atoms with Gasteiger partial charge >= 0.3 is 0 Å². The molecule has 3 aromatic rings. The van der Waals surface area contributed by atoms with E-state index in [1.165, 1.54) is 10.9 Å². The molecule has 1 aromatic heterocycles. The Kier molecular flexibility index (Phi) is 4.02. The second kappa shape index (κ2) is 5.79. The van der Waals surface area contributed by atoms with Crippen molar-refractivity contribution in [2.75, 3.05) is 0 Å². The number of fused-ring (bicyclic) bond motifs is 1. The Morgan fingerprint density at radius 1 is 1.14 bits per heavy atom. The fourth-order valence-corrected chi connectivity index (χ4v) is 2.98. The summed E-state index contributed by atoms with van der Waals surface area (Å²) in [5.74, 6) is 0. The molecule has 0 spiro atoms. The second-order valence-corrected chi connectivity index (χ2v) is 6.27. The van der Waals surface area contributed by atoms with Gasteiger partial charge in [-0.25, -0.2) is 4.98 Å². The third kappa shape index (κ3) is 2.84. The predicted molar refractivity (Wildman–Crippen MR) is 89.3 cm³/mol. The lowest BCUT2D eigenvalue weighted by molar-refractivity contribution is 0.748. The Labute approximate surface area is 139 Å². The fourth-order valence-electron chi connectivity index (χ4n) is 2.10. The van der Waals surface area contributed by atoms with E-state index in [2.05, 4.69) is 20.9 Å². The average Bonchev–Trinajstić information content (AvgIpc) is 2.46. The number of aromatic nitrogens is 2. The molecule has 1 heterocycles. The highest BCUT2D eigenvalue weighted by molar-refractivity contribution is 9.10. The van der Waals surface area contributed by atoms with Gasteiger partial charge in [0.15, 0.2) is 0 Å². The Morgan fingerprint density at radius 3 is 2.57 bits per heavy atom. The largest absolute Gasteiger partial charge is 0.294 e. The summed E-state index contributed by atoms with van der Waals surface area (Å²) >= 11 is 15.7. The highest BCUT2D eigenvalue weighted by Crippen LogP contribution is 2.25. The molecule has 0 saturated carbocycles. The van der Waals surface area contributed by atoms with Crippen molar-refractivity contribution in [3.05, 3.63) is 73.2 Å². The Balaban J connectivity index is 2.14. The van der Waals surface area contributed by atoms with E-state index in [1.807, 2.05) is 6.07 Å². The van der Waals surface area contributed by atoms with Gasteiger partial charge in [-0.1, -0.05) is 45.2 Å². The Morgan fingerprint density at radius 2 is 1.86 bits per heavy atom. The molecule has 0 saturated heterocycles. The van der Waals surface area contributed by atoms with Crippen molar-refractivity contribution in [2.45, 2.75) is 6.54 Å². The van der Waals surface area contributed by atoms with Crippen LogP contribution in [0.4, 0.5) is 0 Å². The molecule has 0 atom stereocenters. The molecule has 0 fully saturated rings. The van der Waals surface area contributed by atoms with Gasteiger partial charge in [0.2, 0.25) is 0 Å². The summed E-state index contributed by atoms with van der Waals surface area (Å²) < 4.78 is 2.34. The zero-order valence-electron chi connectivity index (χ0n) is 10.7. The number of halogens is 3. The van der Waals surface area contributed by atoms with Crippen molar-refractivity contribution in [3.63, 3.8) is 0 Å². The van der Waals surface area contributed by atoms with Crippen LogP contribution in [0, 0.1) is 0 Å². The molecule has 3 rings (SSSR count). The quantitative estimate of drug-likeness (QED) is 0.652. The first-order valence-corrected chi connectivity index (χ1v) is 7.69. The summed E-state index contributed by atoms with van der Waals surface area (Å²) in [4.78, 5) is 16.8. The predicted octanol–water partition coefficient (Wildman–Crippen LogP) is 4.51. The number of benzene rings is 2. The van der Waals surface area contributed by atoms with Gasteiger partial charge in [0.1, 0.15) is 0 Å². The van der Waals surface area contributed by atoms with Crippen LogP contribution in [0.2, 0.25) is 10.0 Å². The smallest absolute Gasteiger partial charge is 0.261 e. The van der Waals surface area contributed by atoms with E-state index in [-0.39, 0.29) is 12.1 Å². The van der Waals surface area contributed by atoms with Crippen LogP contribution in [-0.4, -0.2) is 9.55 Å². The third-order valence-corrected chi connectivity index (χ3v) is 4.38.